The lowest BCUT2D eigenvalue weighted by atomic mass is 10.2. The second kappa shape index (κ2) is 6.80. The molecule has 148 valence electrons. The van der Waals surface area contributed by atoms with E-state index < -0.39 is 20.1 Å². The average Bonchev–Trinajstić information content (AvgIpc) is 3.08. The van der Waals surface area contributed by atoms with Gasteiger partial charge < -0.3 is 0 Å². The van der Waals surface area contributed by atoms with E-state index in [1.165, 1.54) is 36.4 Å². The van der Waals surface area contributed by atoms with Crippen LogP contribution in [0.25, 0.3) is 22.4 Å². The molecule has 0 spiro atoms. The topological polar surface area (TPSA) is 106 Å². The summed E-state index contributed by atoms with van der Waals surface area (Å²) in [5, 5.41) is 0. The largest absolute Gasteiger partial charge is 0.294 e. The molecular weight excluding hydrogens is 412 g/mol. The van der Waals surface area contributed by atoms with Gasteiger partial charge in [-0.2, -0.15) is 8.42 Å². The Hall–Kier alpha value is -3.01. The van der Waals surface area contributed by atoms with E-state index >= 15 is 0 Å². The molecule has 0 bridgehead atoms. The maximum Gasteiger partial charge on any atom is 0.294 e. The summed E-state index contributed by atoms with van der Waals surface area (Å²) in [7, 11) is -8.33. The van der Waals surface area contributed by atoms with Crippen molar-refractivity contribution in [2.24, 2.45) is 0 Å². The van der Waals surface area contributed by atoms with Crippen LogP contribution in [-0.4, -0.2) is 30.3 Å². The van der Waals surface area contributed by atoms with E-state index in [0.717, 1.165) is 9.54 Å². The minimum Gasteiger partial charge on any atom is -0.282 e. The molecule has 0 radical (unpaired) electrons. The molecule has 9 heteroatoms. The first-order valence-corrected chi connectivity index (χ1v) is 11.4. The first-order valence-electron chi connectivity index (χ1n) is 8.55. The van der Waals surface area contributed by atoms with Crippen LogP contribution in [-0.2, 0) is 20.1 Å². The first-order chi connectivity index (χ1) is 13.7. The van der Waals surface area contributed by atoms with E-state index in [9.17, 15) is 21.4 Å². The van der Waals surface area contributed by atoms with Crippen LogP contribution in [0.1, 0.15) is 5.56 Å². The Labute approximate surface area is 168 Å². The smallest absolute Gasteiger partial charge is 0.282 e. The highest BCUT2D eigenvalue weighted by Gasteiger charge is 2.25. The number of fused-ring (bicyclic) bond motifs is 1. The summed E-state index contributed by atoms with van der Waals surface area (Å²) in [6.45, 7) is 1.87. The lowest BCUT2D eigenvalue weighted by Gasteiger charge is -2.11. The Bertz CT molecular complexity index is 1420. The van der Waals surface area contributed by atoms with Crippen LogP contribution in [0, 0.1) is 6.92 Å². The molecule has 3 aromatic carbocycles. The minimum absolute atomic E-state index is 0.113. The maximum atomic E-state index is 13.4. The molecule has 0 fully saturated rings. The number of para-hydroxylation sites is 2. The summed E-state index contributed by atoms with van der Waals surface area (Å²) in [4.78, 5) is 4.28. The van der Waals surface area contributed by atoms with Crippen molar-refractivity contribution in [3.8, 4) is 11.4 Å². The predicted molar refractivity (Wildman–Crippen MR) is 109 cm³/mol. The molecule has 0 atom stereocenters. The molecule has 0 aliphatic heterocycles. The van der Waals surface area contributed by atoms with Crippen molar-refractivity contribution < 1.29 is 21.4 Å². The Morgan fingerprint density at radius 2 is 1.38 bits per heavy atom. The molecular formula is C20H16N2O5S2. The van der Waals surface area contributed by atoms with E-state index in [1.807, 2.05) is 6.92 Å². The molecule has 0 aliphatic carbocycles. The third-order valence-electron chi connectivity index (χ3n) is 4.49. The van der Waals surface area contributed by atoms with Gasteiger partial charge in [0.1, 0.15) is 0 Å². The van der Waals surface area contributed by atoms with Crippen LogP contribution < -0.4 is 0 Å². The van der Waals surface area contributed by atoms with E-state index in [2.05, 4.69) is 4.98 Å². The van der Waals surface area contributed by atoms with Crippen molar-refractivity contribution in [1.29, 1.82) is 0 Å². The third-order valence-corrected chi connectivity index (χ3v) is 7.07. The highest BCUT2D eigenvalue weighted by atomic mass is 32.2. The van der Waals surface area contributed by atoms with Crippen LogP contribution in [0.15, 0.2) is 82.6 Å². The van der Waals surface area contributed by atoms with E-state index in [4.69, 9.17) is 0 Å². The molecule has 0 unspecified atom stereocenters. The van der Waals surface area contributed by atoms with Gasteiger partial charge in [0.15, 0.2) is 5.82 Å². The van der Waals surface area contributed by atoms with Gasteiger partial charge in [-0.1, -0.05) is 29.8 Å². The Morgan fingerprint density at radius 3 is 2.00 bits per heavy atom. The maximum absolute atomic E-state index is 13.4. The summed E-state index contributed by atoms with van der Waals surface area (Å²) in [6.07, 6.45) is 0. The average molecular weight is 428 g/mol. The summed E-state index contributed by atoms with van der Waals surface area (Å²) in [5.41, 5.74) is 2.21. The molecule has 0 aliphatic rings. The number of aryl methyl sites for hydroxylation is 1. The Kier molecular flexibility index (Phi) is 4.53. The number of hydrogen-bond acceptors (Lipinski definition) is 5. The quantitative estimate of drug-likeness (QED) is 0.499. The summed E-state index contributed by atoms with van der Waals surface area (Å²) < 4.78 is 59.8. The monoisotopic (exact) mass is 428 g/mol. The fourth-order valence-electron chi connectivity index (χ4n) is 3.02. The van der Waals surface area contributed by atoms with Crippen LogP contribution >= 0.6 is 0 Å². The minimum atomic E-state index is -4.36. The van der Waals surface area contributed by atoms with Gasteiger partial charge in [0.05, 0.1) is 20.8 Å². The molecule has 0 saturated heterocycles. The van der Waals surface area contributed by atoms with E-state index in [0.29, 0.717) is 16.6 Å². The molecule has 1 heterocycles. The lowest BCUT2D eigenvalue weighted by molar-refractivity contribution is 0.483. The zero-order valence-corrected chi connectivity index (χ0v) is 16.9. The fraction of sp³-hybridized carbons (Fsp3) is 0.0500. The highest BCUT2D eigenvalue weighted by molar-refractivity contribution is 7.90. The molecule has 0 amide bonds. The molecule has 4 aromatic rings. The number of hydrogen-bond donors (Lipinski definition) is 1. The zero-order chi connectivity index (χ0) is 20.8. The van der Waals surface area contributed by atoms with Gasteiger partial charge in [-0.15, -0.1) is 0 Å². The van der Waals surface area contributed by atoms with Crippen molar-refractivity contribution in [1.82, 2.24) is 8.96 Å². The van der Waals surface area contributed by atoms with Gasteiger partial charge >= 0.3 is 0 Å². The Morgan fingerprint density at radius 1 is 0.793 bits per heavy atom. The molecule has 1 aromatic heterocycles. The highest BCUT2D eigenvalue weighted by Crippen LogP contribution is 2.30. The van der Waals surface area contributed by atoms with Crippen molar-refractivity contribution in [3.05, 3.63) is 78.4 Å². The number of rotatable bonds is 4. The molecule has 7 nitrogen and oxygen atoms in total. The van der Waals surface area contributed by atoms with Crippen molar-refractivity contribution in [3.63, 3.8) is 0 Å². The standard InChI is InChI=1S/C20H16N2O5S2/c1-14-6-10-16(11-7-14)28(23,24)22-19-5-3-2-4-18(19)21-20(22)15-8-12-17(13-9-15)29(25,26)27/h2-13H,1H3,(H,25,26,27). The number of benzene rings is 3. The summed E-state index contributed by atoms with van der Waals surface area (Å²) >= 11 is 0. The van der Waals surface area contributed by atoms with Crippen LogP contribution in [0.2, 0.25) is 0 Å². The van der Waals surface area contributed by atoms with Crippen LogP contribution in [0.4, 0.5) is 0 Å². The normalized spacial score (nSPS) is 12.3. The van der Waals surface area contributed by atoms with Gasteiger partial charge in [0.25, 0.3) is 20.1 Å². The predicted octanol–water partition coefficient (Wildman–Crippen LogP) is 3.50. The molecule has 0 saturated carbocycles. The van der Waals surface area contributed by atoms with Gasteiger partial charge in [-0.05, 0) is 55.5 Å². The van der Waals surface area contributed by atoms with Crippen molar-refractivity contribution in [2.75, 3.05) is 0 Å². The van der Waals surface area contributed by atoms with Gasteiger partial charge in [0.2, 0.25) is 0 Å². The van der Waals surface area contributed by atoms with E-state index in [-0.39, 0.29) is 15.6 Å². The fourth-order valence-corrected chi connectivity index (χ4v) is 4.98. The van der Waals surface area contributed by atoms with Crippen molar-refractivity contribution >= 4 is 31.2 Å². The number of nitrogens with zero attached hydrogens (tertiary/aromatic N) is 2. The first kappa shape index (κ1) is 19.3. The number of aromatic nitrogens is 2. The van der Waals surface area contributed by atoms with Gasteiger partial charge in [-0.25, -0.2) is 17.4 Å². The second-order valence-electron chi connectivity index (χ2n) is 6.51. The lowest BCUT2D eigenvalue weighted by Crippen LogP contribution is -2.14. The third kappa shape index (κ3) is 3.44. The Balaban J connectivity index is 1.98. The second-order valence-corrected chi connectivity index (χ2v) is 9.71. The number of imidazole rings is 1. The summed E-state index contributed by atoms with van der Waals surface area (Å²) in [5.74, 6) is 0.147. The van der Waals surface area contributed by atoms with Gasteiger partial charge in [-0.3, -0.25) is 4.55 Å². The van der Waals surface area contributed by atoms with E-state index in [1.54, 1.807) is 36.4 Å². The summed E-state index contributed by atoms with van der Waals surface area (Å²) in [6, 6.07) is 18.5. The van der Waals surface area contributed by atoms with Crippen LogP contribution in [0.5, 0.6) is 0 Å². The molecule has 29 heavy (non-hydrogen) atoms. The van der Waals surface area contributed by atoms with Crippen LogP contribution in [0.3, 0.4) is 0 Å². The SMILES string of the molecule is Cc1ccc(S(=O)(=O)n2c(-c3ccc(S(=O)(=O)O)cc3)nc3ccccc32)cc1. The molecule has 4 rings (SSSR count). The zero-order valence-electron chi connectivity index (χ0n) is 15.2. The van der Waals surface area contributed by atoms with Crippen molar-refractivity contribution in [2.45, 2.75) is 16.7 Å². The molecule has 1 N–H and O–H groups in total. The van der Waals surface area contributed by atoms with Gasteiger partial charge in [0, 0.05) is 5.56 Å².